The predicted molar refractivity (Wildman–Crippen MR) is 66.2 cm³/mol. The van der Waals surface area contributed by atoms with Crippen LogP contribution in [0.3, 0.4) is 0 Å². The van der Waals surface area contributed by atoms with E-state index in [2.05, 4.69) is 55.4 Å². The predicted octanol–water partition coefficient (Wildman–Crippen LogP) is 4.95. The van der Waals surface area contributed by atoms with E-state index in [1.807, 2.05) is 0 Å². The minimum atomic E-state index is 0.432. The lowest BCUT2D eigenvalue weighted by atomic mass is 9.72. The van der Waals surface area contributed by atoms with Gasteiger partial charge in [-0.05, 0) is 35.5 Å². The van der Waals surface area contributed by atoms with Crippen LogP contribution in [0.5, 0.6) is 0 Å². The molecular weight excluding hydrogens is 168 g/mol. The van der Waals surface area contributed by atoms with Crippen LogP contribution < -0.4 is 0 Å². The van der Waals surface area contributed by atoms with Crippen molar-refractivity contribution >= 4 is 0 Å². The van der Waals surface area contributed by atoms with Crippen LogP contribution in [0.25, 0.3) is 0 Å². The van der Waals surface area contributed by atoms with Crippen molar-refractivity contribution in [3.63, 3.8) is 0 Å². The zero-order valence-electron chi connectivity index (χ0n) is 11.3. The summed E-state index contributed by atoms with van der Waals surface area (Å²) >= 11 is 0. The molecule has 0 heteroatoms. The molecule has 0 rings (SSSR count). The van der Waals surface area contributed by atoms with E-state index in [0.717, 1.165) is 5.92 Å². The van der Waals surface area contributed by atoms with Crippen molar-refractivity contribution < 1.29 is 0 Å². The maximum Gasteiger partial charge on any atom is -0.0379 e. The van der Waals surface area contributed by atoms with Crippen molar-refractivity contribution in [2.75, 3.05) is 0 Å². The zero-order chi connectivity index (χ0) is 11.6. The molecule has 0 aliphatic carbocycles. The summed E-state index contributed by atoms with van der Waals surface area (Å²) in [5, 5.41) is 0. The van der Waals surface area contributed by atoms with E-state index < -0.39 is 0 Å². The minimum Gasteiger partial charge on any atom is -0.0622 e. The summed E-state index contributed by atoms with van der Waals surface area (Å²) in [6, 6.07) is 0. The van der Waals surface area contributed by atoms with Crippen LogP contribution in [-0.2, 0) is 0 Å². The van der Waals surface area contributed by atoms with E-state index >= 15 is 0 Å². The summed E-state index contributed by atoms with van der Waals surface area (Å²) in [7, 11) is 0. The second-order valence-corrected chi connectivity index (χ2v) is 7.27. The Hall–Kier alpha value is 0. The number of hydrogen-bond donors (Lipinski definition) is 0. The summed E-state index contributed by atoms with van der Waals surface area (Å²) in [6.07, 6.45) is 2.57. The standard InChI is InChI=1S/C14H29/c1-11(2)12(9-13(3,4)5)10-14(6,7)8/h11-12H,1,9-10H2,2-8H3. The molecule has 0 heterocycles. The highest BCUT2D eigenvalue weighted by Gasteiger charge is 2.25. The van der Waals surface area contributed by atoms with Gasteiger partial charge < -0.3 is 0 Å². The smallest absolute Gasteiger partial charge is 0.0379 e. The van der Waals surface area contributed by atoms with Crippen molar-refractivity contribution in [1.29, 1.82) is 0 Å². The first-order valence-electron chi connectivity index (χ1n) is 5.84. The quantitative estimate of drug-likeness (QED) is 0.601. The number of hydrogen-bond acceptors (Lipinski definition) is 0. The average molecular weight is 197 g/mol. The highest BCUT2D eigenvalue weighted by Crippen LogP contribution is 2.36. The maximum absolute atomic E-state index is 4.21. The maximum atomic E-state index is 4.21. The first kappa shape index (κ1) is 14.0. The Kier molecular flexibility index (Phi) is 4.68. The lowest BCUT2D eigenvalue weighted by Gasteiger charge is -2.33. The monoisotopic (exact) mass is 197 g/mol. The van der Waals surface area contributed by atoms with Crippen LogP contribution in [0.2, 0.25) is 0 Å². The third kappa shape index (κ3) is 7.41. The molecule has 14 heavy (non-hydrogen) atoms. The van der Waals surface area contributed by atoms with E-state index in [9.17, 15) is 0 Å². The highest BCUT2D eigenvalue weighted by molar-refractivity contribution is 4.78. The van der Waals surface area contributed by atoms with Gasteiger partial charge in [0, 0.05) is 0 Å². The van der Waals surface area contributed by atoms with Gasteiger partial charge in [0.05, 0.1) is 0 Å². The molecule has 0 N–H and O–H groups in total. The Morgan fingerprint density at radius 1 is 0.857 bits per heavy atom. The molecule has 0 fully saturated rings. The molecule has 0 aromatic rings. The molecule has 0 aliphatic rings. The van der Waals surface area contributed by atoms with Gasteiger partial charge in [0.25, 0.3) is 0 Å². The molecular formula is C14H29. The Labute approximate surface area is 91.5 Å². The molecule has 0 aromatic heterocycles. The third-order valence-electron chi connectivity index (χ3n) is 2.55. The second kappa shape index (κ2) is 4.68. The van der Waals surface area contributed by atoms with Gasteiger partial charge in [-0.1, -0.05) is 55.4 Å². The largest absolute Gasteiger partial charge is 0.0622 e. The second-order valence-electron chi connectivity index (χ2n) is 7.27. The van der Waals surface area contributed by atoms with E-state index in [4.69, 9.17) is 0 Å². The van der Waals surface area contributed by atoms with Gasteiger partial charge in [0.15, 0.2) is 0 Å². The van der Waals surface area contributed by atoms with Crippen LogP contribution in [0.15, 0.2) is 0 Å². The molecule has 0 aromatic carbocycles. The summed E-state index contributed by atoms with van der Waals surface area (Å²) in [6.45, 7) is 20.4. The summed E-state index contributed by atoms with van der Waals surface area (Å²) in [5.74, 6) is 1.32. The molecule has 0 saturated carbocycles. The van der Waals surface area contributed by atoms with E-state index in [1.54, 1.807) is 0 Å². The van der Waals surface area contributed by atoms with Crippen LogP contribution in [-0.4, -0.2) is 0 Å². The SMILES string of the molecule is [CH2]C(C)C(CC(C)(C)C)CC(C)(C)C. The van der Waals surface area contributed by atoms with Gasteiger partial charge in [-0.3, -0.25) is 0 Å². The van der Waals surface area contributed by atoms with Crippen LogP contribution in [0, 0.1) is 29.6 Å². The number of rotatable bonds is 3. The fourth-order valence-electron chi connectivity index (χ4n) is 2.05. The fourth-order valence-corrected chi connectivity index (χ4v) is 2.05. The van der Waals surface area contributed by atoms with E-state index in [-0.39, 0.29) is 0 Å². The van der Waals surface area contributed by atoms with E-state index in [0.29, 0.717) is 16.7 Å². The molecule has 0 bridgehead atoms. The fraction of sp³-hybridized carbons (Fsp3) is 0.929. The first-order chi connectivity index (χ1) is 6.01. The average Bonchev–Trinajstić information content (AvgIpc) is 1.78. The van der Waals surface area contributed by atoms with E-state index in [1.165, 1.54) is 12.8 Å². The Morgan fingerprint density at radius 2 is 1.14 bits per heavy atom. The van der Waals surface area contributed by atoms with Gasteiger partial charge in [0.1, 0.15) is 0 Å². The van der Waals surface area contributed by atoms with Crippen molar-refractivity contribution in [3.05, 3.63) is 6.92 Å². The van der Waals surface area contributed by atoms with Gasteiger partial charge >= 0.3 is 0 Å². The summed E-state index contributed by atoms with van der Waals surface area (Å²) in [5.41, 5.74) is 0.865. The van der Waals surface area contributed by atoms with Gasteiger partial charge in [-0.2, -0.15) is 0 Å². The molecule has 0 nitrogen and oxygen atoms in total. The molecule has 1 unspecified atom stereocenters. The molecule has 0 saturated heterocycles. The normalized spacial score (nSPS) is 14.1. The summed E-state index contributed by atoms with van der Waals surface area (Å²) < 4.78 is 0. The Morgan fingerprint density at radius 3 is 1.29 bits per heavy atom. The van der Waals surface area contributed by atoms with Crippen LogP contribution in [0.1, 0.15) is 61.3 Å². The molecule has 0 spiro atoms. The van der Waals surface area contributed by atoms with Crippen molar-refractivity contribution in [3.8, 4) is 0 Å². The lowest BCUT2D eigenvalue weighted by molar-refractivity contribution is 0.187. The Balaban J connectivity index is 4.32. The van der Waals surface area contributed by atoms with Crippen molar-refractivity contribution in [2.45, 2.75) is 61.3 Å². The topological polar surface area (TPSA) is 0 Å². The minimum absolute atomic E-state index is 0.432. The lowest BCUT2D eigenvalue weighted by Crippen LogP contribution is -2.23. The zero-order valence-corrected chi connectivity index (χ0v) is 11.3. The third-order valence-corrected chi connectivity index (χ3v) is 2.55. The molecule has 85 valence electrons. The van der Waals surface area contributed by atoms with Crippen molar-refractivity contribution in [1.82, 2.24) is 0 Å². The summed E-state index contributed by atoms with van der Waals surface area (Å²) in [4.78, 5) is 0. The molecule has 1 radical (unpaired) electrons. The van der Waals surface area contributed by atoms with Crippen LogP contribution >= 0.6 is 0 Å². The van der Waals surface area contributed by atoms with Crippen LogP contribution in [0.4, 0.5) is 0 Å². The van der Waals surface area contributed by atoms with Crippen molar-refractivity contribution in [2.24, 2.45) is 22.7 Å². The Bertz CT molecular complexity index is 136. The molecule has 0 aliphatic heterocycles. The molecule has 0 amide bonds. The molecule has 1 atom stereocenters. The highest BCUT2D eigenvalue weighted by atomic mass is 14.3. The van der Waals surface area contributed by atoms with Gasteiger partial charge in [0.2, 0.25) is 0 Å². The van der Waals surface area contributed by atoms with Gasteiger partial charge in [-0.15, -0.1) is 0 Å². The van der Waals surface area contributed by atoms with Gasteiger partial charge in [-0.25, -0.2) is 0 Å². The first-order valence-corrected chi connectivity index (χ1v) is 5.84.